The van der Waals surface area contributed by atoms with E-state index in [0.29, 0.717) is 5.78 Å². The molecule has 1 heterocycles. The summed E-state index contributed by atoms with van der Waals surface area (Å²) in [6, 6.07) is 2.09. The number of rotatable bonds is 4. The standard InChI is InChI=1S/C15H23NO/c1-11(2)6-5-9-16-12(3)10-13-14(16)7-4-8-15(13)17/h10-11H,4-9H2,1-3H3. The number of hydrogen-bond acceptors (Lipinski definition) is 1. The van der Waals surface area contributed by atoms with E-state index in [1.165, 1.54) is 24.2 Å². The average Bonchev–Trinajstić information content (AvgIpc) is 2.57. The molecule has 0 fully saturated rings. The lowest BCUT2D eigenvalue weighted by atomic mass is 9.96. The van der Waals surface area contributed by atoms with E-state index in [1.54, 1.807) is 0 Å². The minimum absolute atomic E-state index is 0.344. The normalized spacial score (nSPS) is 15.4. The van der Waals surface area contributed by atoms with E-state index in [2.05, 4.69) is 31.4 Å². The molecule has 0 radical (unpaired) electrons. The Morgan fingerprint density at radius 2 is 2.12 bits per heavy atom. The van der Waals surface area contributed by atoms with Gasteiger partial charge in [0.1, 0.15) is 0 Å². The Bertz CT molecular complexity index is 415. The molecule has 0 aromatic carbocycles. The Labute approximate surface area is 104 Å². The van der Waals surface area contributed by atoms with Gasteiger partial charge in [0, 0.05) is 29.9 Å². The largest absolute Gasteiger partial charge is 0.348 e. The van der Waals surface area contributed by atoms with Crippen LogP contribution in [0, 0.1) is 12.8 Å². The second-order valence-corrected chi connectivity index (χ2v) is 5.61. The highest BCUT2D eigenvalue weighted by atomic mass is 16.1. The molecule has 0 saturated carbocycles. The van der Waals surface area contributed by atoms with Crippen molar-refractivity contribution in [2.24, 2.45) is 5.92 Å². The van der Waals surface area contributed by atoms with Gasteiger partial charge in [0.2, 0.25) is 0 Å². The Morgan fingerprint density at radius 3 is 2.82 bits per heavy atom. The Kier molecular flexibility index (Phi) is 3.70. The Balaban J connectivity index is 2.14. The molecule has 0 spiro atoms. The van der Waals surface area contributed by atoms with Crippen molar-refractivity contribution in [1.29, 1.82) is 0 Å². The monoisotopic (exact) mass is 233 g/mol. The molecule has 94 valence electrons. The number of carbonyl (C=O) groups is 1. The highest BCUT2D eigenvalue weighted by Crippen LogP contribution is 2.25. The van der Waals surface area contributed by atoms with E-state index in [1.807, 2.05) is 0 Å². The first kappa shape index (κ1) is 12.4. The van der Waals surface area contributed by atoms with Crippen LogP contribution in [0.25, 0.3) is 0 Å². The van der Waals surface area contributed by atoms with Crippen LogP contribution in [0.2, 0.25) is 0 Å². The van der Waals surface area contributed by atoms with E-state index in [-0.39, 0.29) is 0 Å². The van der Waals surface area contributed by atoms with Crippen LogP contribution in [-0.4, -0.2) is 10.4 Å². The molecule has 0 amide bonds. The number of aryl methyl sites for hydroxylation is 1. The fourth-order valence-electron chi connectivity index (χ4n) is 2.76. The average molecular weight is 233 g/mol. The van der Waals surface area contributed by atoms with Crippen LogP contribution in [0.4, 0.5) is 0 Å². The summed E-state index contributed by atoms with van der Waals surface area (Å²) >= 11 is 0. The number of hydrogen-bond donors (Lipinski definition) is 0. The molecule has 1 aliphatic carbocycles. The highest BCUT2D eigenvalue weighted by Gasteiger charge is 2.22. The number of ketones is 1. The van der Waals surface area contributed by atoms with Gasteiger partial charge in [-0.3, -0.25) is 4.79 Å². The zero-order valence-corrected chi connectivity index (χ0v) is 11.3. The fraction of sp³-hybridized carbons (Fsp3) is 0.667. The molecule has 0 unspecified atom stereocenters. The molecular weight excluding hydrogens is 210 g/mol. The van der Waals surface area contributed by atoms with Crippen LogP contribution in [0.5, 0.6) is 0 Å². The van der Waals surface area contributed by atoms with Gasteiger partial charge in [0.15, 0.2) is 5.78 Å². The van der Waals surface area contributed by atoms with Gasteiger partial charge in [-0.25, -0.2) is 0 Å². The SMILES string of the molecule is Cc1cc2c(n1CCCC(C)C)CCCC2=O. The molecule has 0 aliphatic heterocycles. The van der Waals surface area contributed by atoms with Crippen LogP contribution >= 0.6 is 0 Å². The van der Waals surface area contributed by atoms with Crippen molar-refractivity contribution in [1.82, 2.24) is 4.57 Å². The predicted octanol–water partition coefficient (Wildman–Crippen LogP) is 3.75. The summed E-state index contributed by atoms with van der Waals surface area (Å²) in [6.45, 7) is 7.73. The maximum Gasteiger partial charge on any atom is 0.164 e. The smallest absolute Gasteiger partial charge is 0.164 e. The van der Waals surface area contributed by atoms with Crippen LogP contribution in [0.3, 0.4) is 0 Å². The second kappa shape index (κ2) is 5.07. The molecule has 0 N–H and O–H groups in total. The highest BCUT2D eigenvalue weighted by molar-refractivity contribution is 5.98. The Morgan fingerprint density at radius 1 is 1.35 bits per heavy atom. The summed E-state index contributed by atoms with van der Waals surface area (Å²) in [6.07, 6.45) is 5.33. The molecule has 1 aromatic rings. The van der Waals surface area contributed by atoms with Gasteiger partial charge in [-0.2, -0.15) is 0 Å². The van der Waals surface area contributed by atoms with Crippen LogP contribution < -0.4 is 0 Å². The van der Waals surface area contributed by atoms with Gasteiger partial charge in [-0.1, -0.05) is 13.8 Å². The fourth-order valence-corrected chi connectivity index (χ4v) is 2.76. The van der Waals surface area contributed by atoms with Gasteiger partial charge >= 0.3 is 0 Å². The lowest BCUT2D eigenvalue weighted by molar-refractivity contribution is 0.0971. The molecule has 2 heteroatoms. The number of aromatic nitrogens is 1. The van der Waals surface area contributed by atoms with E-state index in [4.69, 9.17) is 0 Å². The third-order valence-corrected chi connectivity index (χ3v) is 3.70. The molecule has 17 heavy (non-hydrogen) atoms. The zero-order chi connectivity index (χ0) is 12.4. The van der Waals surface area contributed by atoms with Crippen molar-refractivity contribution in [3.8, 4) is 0 Å². The first-order valence-electron chi connectivity index (χ1n) is 6.81. The summed E-state index contributed by atoms with van der Waals surface area (Å²) in [4.78, 5) is 11.8. The summed E-state index contributed by atoms with van der Waals surface area (Å²) in [5.74, 6) is 1.11. The van der Waals surface area contributed by atoms with Crippen molar-refractivity contribution in [2.45, 2.75) is 59.4 Å². The van der Waals surface area contributed by atoms with Crippen LogP contribution in [-0.2, 0) is 13.0 Å². The first-order valence-corrected chi connectivity index (χ1v) is 6.81. The summed E-state index contributed by atoms with van der Waals surface area (Å²) in [5, 5.41) is 0. The number of nitrogens with zero attached hydrogens (tertiary/aromatic N) is 1. The van der Waals surface area contributed by atoms with E-state index in [0.717, 1.165) is 37.3 Å². The Hall–Kier alpha value is -1.05. The van der Waals surface area contributed by atoms with Gasteiger partial charge < -0.3 is 4.57 Å². The quantitative estimate of drug-likeness (QED) is 0.776. The third kappa shape index (κ3) is 2.62. The van der Waals surface area contributed by atoms with Gasteiger partial charge in [0.05, 0.1) is 0 Å². The minimum Gasteiger partial charge on any atom is -0.348 e. The number of fused-ring (bicyclic) bond motifs is 1. The zero-order valence-electron chi connectivity index (χ0n) is 11.3. The van der Waals surface area contributed by atoms with E-state index < -0.39 is 0 Å². The predicted molar refractivity (Wildman–Crippen MR) is 70.5 cm³/mol. The minimum atomic E-state index is 0.344. The lowest BCUT2D eigenvalue weighted by Gasteiger charge is -2.16. The summed E-state index contributed by atoms with van der Waals surface area (Å²) in [7, 11) is 0. The molecule has 0 bridgehead atoms. The van der Waals surface area contributed by atoms with Crippen molar-refractivity contribution in [2.75, 3.05) is 0 Å². The number of Topliss-reactive ketones (excluding diaryl/α,β-unsaturated/α-hetero) is 1. The second-order valence-electron chi connectivity index (χ2n) is 5.61. The van der Waals surface area contributed by atoms with Gasteiger partial charge in [-0.15, -0.1) is 0 Å². The van der Waals surface area contributed by atoms with Crippen molar-refractivity contribution in [3.63, 3.8) is 0 Å². The molecule has 2 nitrogen and oxygen atoms in total. The molecule has 1 aromatic heterocycles. The number of carbonyl (C=O) groups excluding carboxylic acids is 1. The molecule has 0 saturated heterocycles. The van der Waals surface area contributed by atoms with Crippen LogP contribution in [0.1, 0.15) is 61.3 Å². The van der Waals surface area contributed by atoms with Gasteiger partial charge in [0.25, 0.3) is 0 Å². The van der Waals surface area contributed by atoms with Crippen LogP contribution in [0.15, 0.2) is 6.07 Å². The topological polar surface area (TPSA) is 22.0 Å². The van der Waals surface area contributed by atoms with E-state index in [9.17, 15) is 4.79 Å². The van der Waals surface area contributed by atoms with Gasteiger partial charge in [-0.05, 0) is 44.6 Å². The maximum atomic E-state index is 11.8. The first-order chi connectivity index (χ1) is 8.09. The maximum absolute atomic E-state index is 11.8. The van der Waals surface area contributed by atoms with E-state index >= 15 is 0 Å². The van der Waals surface area contributed by atoms with Crippen molar-refractivity contribution >= 4 is 5.78 Å². The van der Waals surface area contributed by atoms with Crippen molar-refractivity contribution < 1.29 is 4.79 Å². The molecule has 1 aliphatic rings. The van der Waals surface area contributed by atoms with Crippen molar-refractivity contribution in [3.05, 3.63) is 23.0 Å². The molecule has 0 atom stereocenters. The molecular formula is C15H23NO. The lowest BCUT2D eigenvalue weighted by Crippen LogP contribution is -2.14. The third-order valence-electron chi connectivity index (χ3n) is 3.70. The summed E-state index contributed by atoms with van der Waals surface area (Å²) < 4.78 is 2.37. The molecule has 2 rings (SSSR count). The summed E-state index contributed by atoms with van der Waals surface area (Å²) in [5.41, 5.74) is 3.55.